The molecule has 3 rings (SSSR count). The van der Waals surface area contributed by atoms with Gasteiger partial charge in [0.05, 0.1) is 10.0 Å². The minimum absolute atomic E-state index is 0.231. The summed E-state index contributed by atoms with van der Waals surface area (Å²) >= 11 is 13.8. The van der Waals surface area contributed by atoms with Crippen molar-refractivity contribution < 1.29 is 9.53 Å². The number of pyridine rings is 1. The average Bonchev–Trinajstić information content (AvgIpc) is 3.00. The van der Waals surface area contributed by atoms with Crippen molar-refractivity contribution in [3.8, 4) is 5.75 Å². The highest BCUT2D eigenvalue weighted by Crippen LogP contribution is 2.37. The fraction of sp³-hybridized carbons (Fsp3) is 0.333. The van der Waals surface area contributed by atoms with Gasteiger partial charge in [-0.2, -0.15) is 0 Å². The van der Waals surface area contributed by atoms with E-state index >= 15 is 0 Å². The molecular weight excluding hydrogens is 407 g/mol. The molecular formula is C18H18Cl2N4O2S. The van der Waals surface area contributed by atoms with Gasteiger partial charge in [-0.25, -0.2) is 4.98 Å². The van der Waals surface area contributed by atoms with Gasteiger partial charge in [-0.15, -0.1) is 10.2 Å². The molecule has 142 valence electrons. The van der Waals surface area contributed by atoms with Crippen LogP contribution in [0.5, 0.6) is 5.75 Å². The molecule has 0 aliphatic carbocycles. The van der Waals surface area contributed by atoms with Gasteiger partial charge < -0.3 is 4.74 Å². The molecule has 1 amide bonds. The first-order valence-electron chi connectivity index (χ1n) is 8.34. The quantitative estimate of drug-likeness (QED) is 0.607. The summed E-state index contributed by atoms with van der Waals surface area (Å²) in [4.78, 5) is 16.7. The van der Waals surface area contributed by atoms with E-state index in [1.54, 1.807) is 6.07 Å². The molecule has 1 N–H and O–H groups in total. The van der Waals surface area contributed by atoms with Gasteiger partial charge in [0.25, 0.3) is 5.91 Å². The van der Waals surface area contributed by atoms with Crippen LogP contribution in [0.3, 0.4) is 0 Å². The van der Waals surface area contributed by atoms with E-state index in [4.69, 9.17) is 27.9 Å². The SMILES string of the molecule is Cc1ccc2c(Cl)cc(Cl)c(OCC(=O)Nc3nnc(CC(C)C)s3)c2n1. The van der Waals surface area contributed by atoms with Crippen LogP contribution in [0.4, 0.5) is 5.13 Å². The van der Waals surface area contributed by atoms with Crippen molar-refractivity contribution in [3.05, 3.63) is 38.9 Å². The van der Waals surface area contributed by atoms with Crippen molar-refractivity contribution in [1.82, 2.24) is 15.2 Å². The van der Waals surface area contributed by atoms with Crippen LogP contribution in [0.2, 0.25) is 10.0 Å². The normalized spacial score (nSPS) is 11.2. The zero-order valence-electron chi connectivity index (χ0n) is 15.0. The smallest absolute Gasteiger partial charge is 0.264 e. The minimum atomic E-state index is -0.353. The monoisotopic (exact) mass is 424 g/mol. The number of nitrogens with zero attached hydrogens (tertiary/aromatic N) is 3. The second-order valence-corrected chi connectivity index (χ2v) is 8.33. The lowest BCUT2D eigenvalue weighted by atomic mass is 10.1. The number of nitrogens with one attached hydrogen (secondary N) is 1. The van der Waals surface area contributed by atoms with E-state index in [9.17, 15) is 4.79 Å². The lowest BCUT2D eigenvalue weighted by Crippen LogP contribution is -2.20. The highest BCUT2D eigenvalue weighted by Gasteiger charge is 2.16. The highest BCUT2D eigenvalue weighted by atomic mass is 35.5. The number of hydrogen-bond donors (Lipinski definition) is 1. The van der Waals surface area contributed by atoms with Crippen molar-refractivity contribution in [3.63, 3.8) is 0 Å². The standard InChI is InChI=1S/C18H18Cl2N4O2S/c1-9(2)6-15-23-24-18(27-15)22-14(25)8-26-17-13(20)7-12(19)11-5-4-10(3)21-16(11)17/h4-5,7,9H,6,8H2,1-3H3,(H,22,24,25). The van der Waals surface area contributed by atoms with Gasteiger partial charge in [-0.05, 0) is 31.0 Å². The molecule has 2 aromatic heterocycles. The van der Waals surface area contributed by atoms with Crippen LogP contribution in [0, 0.1) is 12.8 Å². The third-order valence-electron chi connectivity index (χ3n) is 3.62. The number of anilines is 1. The number of halogens is 2. The van der Waals surface area contributed by atoms with E-state index in [2.05, 4.69) is 34.3 Å². The molecule has 2 heterocycles. The molecule has 6 nitrogen and oxygen atoms in total. The number of rotatable bonds is 6. The van der Waals surface area contributed by atoms with Gasteiger partial charge in [0, 0.05) is 17.5 Å². The number of benzene rings is 1. The highest BCUT2D eigenvalue weighted by molar-refractivity contribution is 7.15. The van der Waals surface area contributed by atoms with Gasteiger partial charge in [0.2, 0.25) is 5.13 Å². The van der Waals surface area contributed by atoms with Gasteiger partial charge in [-0.1, -0.05) is 48.4 Å². The zero-order chi connectivity index (χ0) is 19.6. The first kappa shape index (κ1) is 19.8. The lowest BCUT2D eigenvalue weighted by molar-refractivity contribution is -0.118. The number of aryl methyl sites for hydroxylation is 1. The maximum absolute atomic E-state index is 12.2. The van der Waals surface area contributed by atoms with Crippen molar-refractivity contribution in [2.45, 2.75) is 27.2 Å². The van der Waals surface area contributed by atoms with E-state index < -0.39 is 0 Å². The first-order chi connectivity index (χ1) is 12.8. The number of carbonyl (C=O) groups excluding carboxylic acids is 1. The Morgan fingerprint density at radius 2 is 2.04 bits per heavy atom. The second kappa shape index (κ2) is 8.37. The Balaban J connectivity index is 1.72. The zero-order valence-corrected chi connectivity index (χ0v) is 17.4. The Hall–Kier alpha value is -1.96. The molecule has 27 heavy (non-hydrogen) atoms. The predicted molar refractivity (Wildman–Crippen MR) is 109 cm³/mol. The van der Waals surface area contributed by atoms with Crippen molar-refractivity contribution >= 4 is 56.5 Å². The Kier molecular flexibility index (Phi) is 6.14. The molecule has 0 saturated carbocycles. The molecule has 0 fully saturated rings. The molecule has 0 bridgehead atoms. The maximum Gasteiger partial charge on any atom is 0.264 e. The summed E-state index contributed by atoms with van der Waals surface area (Å²) in [7, 11) is 0. The molecule has 0 aliphatic heterocycles. The van der Waals surface area contributed by atoms with Crippen molar-refractivity contribution in [1.29, 1.82) is 0 Å². The van der Waals surface area contributed by atoms with Crippen LogP contribution >= 0.6 is 34.5 Å². The number of amides is 1. The molecule has 0 radical (unpaired) electrons. The van der Waals surface area contributed by atoms with Crippen molar-refractivity contribution in [2.75, 3.05) is 11.9 Å². The number of hydrogen-bond acceptors (Lipinski definition) is 6. The average molecular weight is 425 g/mol. The largest absolute Gasteiger partial charge is 0.480 e. The van der Waals surface area contributed by atoms with E-state index in [1.165, 1.54) is 11.3 Å². The van der Waals surface area contributed by atoms with Gasteiger partial charge in [0.15, 0.2) is 12.4 Å². The molecule has 0 unspecified atom stereocenters. The number of carbonyl (C=O) groups is 1. The van der Waals surface area contributed by atoms with Crippen LogP contribution in [-0.4, -0.2) is 27.7 Å². The summed E-state index contributed by atoms with van der Waals surface area (Å²) in [5.41, 5.74) is 1.32. The lowest BCUT2D eigenvalue weighted by Gasteiger charge is -2.12. The van der Waals surface area contributed by atoms with Crippen LogP contribution in [0.25, 0.3) is 10.9 Å². The van der Waals surface area contributed by atoms with Gasteiger partial charge in [0.1, 0.15) is 10.5 Å². The predicted octanol–water partition coefficient (Wildman–Crippen LogP) is 4.92. The summed E-state index contributed by atoms with van der Waals surface area (Å²) in [6.45, 7) is 5.83. The summed E-state index contributed by atoms with van der Waals surface area (Å²) in [5, 5.41) is 13.6. The van der Waals surface area contributed by atoms with Crippen molar-refractivity contribution in [2.24, 2.45) is 5.92 Å². The van der Waals surface area contributed by atoms with Gasteiger partial charge in [-0.3, -0.25) is 10.1 Å². The molecule has 0 saturated heterocycles. The Labute approximate surface area is 170 Å². The minimum Gasteiger partial charge on any atom is -0.480 e. The summed E-state index contributed by atoms with van der Waals surface area (Å²) in [5.74, 6) is 0.447. The molecule has 1 aromatic carbocycles. The first-order valence-corrected chi connectivity index (χ1v) is 9.91. The van der Waals surface area contributed by atoms with E-state index in [1.807, 2.05) is 19.1 Å². The second-order valence-electron chi connectivity index (χ2n) is 6.45. The molecule has 0 spiro atoms. The molecule has 0 aliphatic rings. The van der Waals surface area contributed by atoms with E-state index in [0.717, 1.165) is 17.1 Å². The summed E-state index contributed by atoms with van der Waals surface area (Å²) < 4.78 is 5.66. The molecule has 0 atom stereocenters. The van der Waals surface area contributed by atoms with Crippen LogP contribution in [0.15, 0.2) is 18.2 Å². The van der Waals surface area contributed by atoms with Gasteiger partial charge >= 0.3 is 0 Å². The van der Waals surface area contributed by atoms with E-state index in [-0.39, 0.29) is 12.5 Å². The topological polar surface area (TPSA) is 77.0 Å². The Morgan fingerprint density at radius 3 is 2.78 bits per heavy atom. The third kappa shape index (κ3) is 4.86. The van der Waals surface area contributed by atoms with Crippen LogP contribution in [-0.2, 0) is 11.2 Å². The fourth-order valence-corrected chi connectivity index (χ4v) is 4.00. The Morgan fingerprint density at radius 1 is 1.26 bits per heavy atom. The fourth-order valence-electron chi connectivity index (χ4n) is 2.46. The van der Waals surface area contributed by atoms with Crippen LogP contribution < -0.4 is 10.1 Å². The maximum atomic E-state index is 12.2. The summed E-state index contributed by atoms with van der Waals surface area (Å²) in [6.07, 6.45) is 0.821. The molecule has 9 heteroatoms. The number of fused-ring (bicyclic) bond motifs is 1. The molecule has 3 aromatic rings. The Bertz CT molecular complexity index is 991. The third-order valence-corrected chi connectivity index (χ3v) is 5.08. The number of aromatic nitrogens is 3. The van der Waals surface area contributed by atoms with Crippen LogP contribution in [0.1, 0.15) is 24.5 Å². The van der Waals surface area contributed by atoms with E-state index in [0.29, 0.717) is 37.7 Å². The summed E-state index contributed by atoms with van der Waals surface area (Å²) in [6, 6.07) is 5.28. The number of ether oxygens (including phenoxy) is 1.